The SMILES string of the molecule is CCC1=C(C)C2C(CCNC2C(F)(F)F)NC1=O. The molecule has 2 N–H and O–H groups in total. The van der Waals surface area contributed by atoms with Gasteiger partial charge in [0, 0.05) is 17.5 Å². The molecule has 0 aromatic heterocycles. The molecule has 3 atom stereocenters. The molecule has 6 heteroatoms. The van der Waals surface area contributed by atoms with Crippen LogP contribution in [0.15, 0.2) is 11.1 Å². The lowest BCUT2D eigenvalue weighted by molar-refractivity contribution is -0.172. The van der Waals surface area contributed by atoms with Crippen molar-refractivity contribution in [3.8, 4) is 0 Å². The van der Waals surface area contributed by atoms with Gasteiger partial charge in [0.05, 0.1) is 0 Å². The minimum atomic E-state index is -4.29. The highest BCUT2D eigenvalue weighted by Crippen LogP contribution is 2.38. The van der Waals surface area contributed by atoms with Crippen molar-refractivity contribution in [2.45, 2.75) is 44.9 Å². The van der Waals surface area contributed by atoms with Crippen LogP contribution in [0.5, 0.6) is 0 Å². The Labute approximate surface area is 104 Å². The number of carbonyl (C=O) groups is 1. The van der Waals surface area contributed by atoms with Gasteiger partial charge in [-0.25, -0.2) is 0 Å². The number of piperidine rings is 1. The van der Waals surface area contributed by atoms with E-state index in [0.717, 1.165) is 0 Å². The highest BCUT2D eigenvalue weighted by Gasteiger charge is 2.51. The summed E-state index contributed by atoms with van der Waals surface area (Å²) in [6, 6.07) is -1.96. The molecule has 1 amide bonds. The van der Waals surface area contributed by atoms with Gasteiger partial charge >= 0.3 is 6.18 Å². The van der Waals surface area contributed by atoms with Gasteiger partial charge in [0.2, 0.25) is 5.91 Å². The largest absolute Gasteiger partial charge is 0.404 e. The van der Waals surface area contributed by atoms with Gasteiger partial charge in [-0.15, -0.1) is 0 Å². The van der Waals surface area contributed by atoms with Crippen molar-refractivity contribution in [3.63, 3.8) is 0 Å². The third kappa shape index (κ3) is 2.13. The van der Waals surface area contributed by atoms with Crippen LogP contribution in [0.2, 0.25) is 0 Å². The maximum Gasteiger partial charge on any atom is 0.404 e. The number of hydrogen-bond acceptors (Lipinski definition) is 2. The molecule has 0 aliphatic carbocycles. The summed E-state index contributed by atoms with van der Waals surface area (Å²) in [6.07, 6.45) is -3.28. The number of fused-ring (bicyclic) bond motifs is 1. The third-order valence-corrected chi connectivity index (χ3v) is 3.88. The van der Waals surface area contributed by atoms with E-state index in [1.807, 2.05) is 0 Å². The van der Waals surface area contributed by atoms with Crippen LogP contribution in [0, 0.1) is 5.92 Å². The minimum absolute atomic E-state index is 0.209. The first-order valence-electron chi connectivity index (χ1n) is 6.16. The van der Waals surface area contributed by atoms with Gasteiger partial charge < -0.3 is 10.6 Å². The highest BCUT2D eigenvalue weighted by atomic mass is 19.4. The van der Waals surface area contributed by atoms with Crippen LogP contribution in [0.4, 0.5) is 13.2 Å². The fourth-order valence-corrected chi connectivity index (χ4v) is 3.04. The molecule has 0 radical (unpaired) electrons. The molecule has 102 valence electrons. The number of amides is 1. The van der Waals surface area contributed by atoms with Crippen LogP contribution < -0.4 is 10.6 Å². The fraction of sp³-hybridized carbons (Fsp3) is 0.750. The van der Waals surface area contributed by atoms with Crippen LogP contribution in [-0.4, -0.2) is 30.7 Å². The quantitative estimate of drug-likeness (QED) is 0.756. The first-order valence-corrected chi connectivity index (χ1v) is 6.16. The second-order valence-corrected chi connectivity index (χ2v) is 4.88. The van der Waals surface area contributed by atoms with E-state index in [4.69, 9.17) is 0 Å². The Balaban J connectivity index is 2.40. The second-order valence-electron chi connectivity index (χ2n) is 4.88. The van der Waals surface area contributed by atoms with E-state index in [9.17, 15) is 18.0 Å². The Kier molecular flexibility index (Phi) is 3.40. The van der Waals surface area contributed by atoms with E-state index in [0.29, 0.717) is 24.0 Å². The molecule has 0 bridgehead atoms. The lowest BCUT2D eigenvalue weighted by Crippen LogP contribution is -2.62. The third-order valence-electron chi connectivity index (χ3n) is 3.88. The van der Waals surface area contributed by atoms with Crippen molar-refractivity contribution in [2.75, 3.05) is 6.54 Å². The Morgan fingerprint density at radius 1 is 1.39 bits per heavy atom. The monoisotopic (exact) mass is 262 g/mol. The number of carbonyl (C=O) groups excluding carboxylic acids is 1. The average Bonchev–Trinajstić information content (AvgIpc) is 2.27. The van der Waals surface area contributed by atoms with Gasteiger partial charge in [0.15, 0.2) is 0 Å². The average molecular weight is 262 g/mol. The van der Waals surface area contributed by atoms with E-state index in [2.05, 4.69) is 10.6 Å². The van der Waals surface area contributed by atoms with Crippen molar-refractivity contribution in [1.29, 1.82) is 0 Å². The summed E-state index contributed by atoms with van der Waals surface area (Å²) in [5.41, 5.74) is 1.08. The van der Waals surface area contributed by atoms with Gasteiger partial charge in [-0.1, -0.05) is 12.5 Å². The Morgan fingerprint density at radius 2 is 2.06 bits per heavy atom. The molecule has 2 aliphatic heterocycles. The smallest absolute Gasteiger partial charge is 0.349 e. The molecule has 3 unspecified atom stereocenters. The zero-order valence-corrected chi connectivity index (χ0v) is 10.4. The summed E-state index contributed by atoms with van der Waals surface area (Å²) >= 11 is 0. The maximum absolute atomic E-state index is 13.0. The Bertz CT molecular complexity index is 389. The van der Waals surface area contributed by atoms with Crippen molar-refractivity contribution in [1.82, 2.24) is 10.6 Å². The predicted octanol–water partition coefficient (Wildman–Crippen LogP) is 1.75. The Hall–Kier alpha value is -1.04. The predicted molar refractivity (Wildman–Crippen MR) is 60.9 cm³/mol. The Morgan fingerprint density at radius 3 is 2.61 bits per heavy atom. The second kappa shape index (κ2) is 4.57. The standard InChI is InChI=1S/C12H17F3N2O/c1-3-7-6(2)9-8(17-11(7)18)4-5-16-10(9)12(13,14)15/h8-10,16H,3-5H2,1-2H3,(H,17,18). The number of nitrogens with one attached hydrogen (secondary N) is 2. The summed E-state index contributed by atoms with van der Waals surface area (Å²) in [6.45, 7) is 3.72. The number of halogens is 3. The highest BCUT2D eigenvalue weighted by molar-refractivity contribution is 5.95. The molecule has 2 heterocycles. The van der Waals surface area contributed by atoms with Crippen LogP contribution in [0.25, 0.3) is 0 Å². The van der Waals surface area contributed by atoms with Gasteiger partial charge in [-0.2, -0.15) is 13.2 Å². The van der Waals surface area contributed by atoms with Gasteiger partial charge in [-0.05, 0) is 26.3 Å². The first-order chi connectivity index (χ1) is 8.36. The van der Waals surface area contributed by atoms with Crippen LogP contribution in [-0.2, 0) is 4.79 Å². The molecule has 0 saturated carbocycles. The van der Waals surface area contributed by atoms with Crippen molar-refractivity contribution in [3.05, 3.63) is 11.1 Å². The summed E-state index contributed by atoms with van der Waals surface area (Å²) in [5.74, 6) is -0.884. The molecule has 2 rings (SSSR count). The lowest BCUT2D eigenvalue weighted by Gasteiger charge is -2.44. The lowest BCUT2D eigenvalue weighted by atomic mass is 9.76. The molecule has 0 aromatic rings. The van der Waals surface area contributed by atoms with Gasteiger partial charge in [0.25, 0.3) is 0 Å². The van der Waals surface area contributed by atoms with E-state index in [-0.39, 0.29) is 12.5 Å². The number of hydrogen-bond donors (Lipinski definition) is 2. The van der Waals surface area contributed by atoms with Crippen LogP contribution in [0.3, 0.4) is 0 Å². The molecule has 2 aliphatic rings. The maximum atomic E-state index is 13.0. The van der Waals surface area contributed by atoms with Crippen molar-refractivity contribution >= 4 is 5.91 Å². The molecule has 1 fully saturated rings. The zero-order chi connectivity index (χ0) is 13.5. The van der Waals surface area contributed by atoms with Gasteiger partial charge in [0.1, 0.15) is 6.04 Å². The van der Waals surface area contributed by atoms with Crippen molar-refractivity contribution in [2.24, 2.45) is 5.92 Å². The topological polar surface area (TPSA) is 41.1 Å². The van der Waals surface area contributed by atoms with Crippen molar-refractivity contribution < 1.29 is 18.0 Å². The zero-order valence-electron chi connectivity index (χ0n) is 10.4. The normalized spacial score (nSPS) is 33.2. The number of rotatable bonds is 1. The van der Waals surface area contributed by atoms with E-state index in [1.54, 1.807) is 13.8 Å². The summed E-state index contributed by atoms with van der Waals surface area (Å²) in [7, 11) is 0. The number of alkyl halides is 3. The summed E-state index contributed by atoms with van der Waals surface area (Å²) in [5, 5.41) is 5.25. The minimum Gasteiger partial charge on any atom is -0.349 e. The molecular formula is C12H17F3N2O. The first kappa shape index (κ1) is 13.4. The molecule has 3 nitrogen and oxygen atoms in total. The molecule has 1 saturated heterocycles. The molecule has 0 spiro atoms. The van der Waals surface area contributed by atoms with Gasteiger partial charge in [-0.3, -0.25) is 4.79 Å². The molecule has 18 heavy (non-hydrogen) atoms. The summed E-state index contributed by atoms with van der Waals surface area (Å²) in [4.78, 5) is 11.8. The van der Waals surface area contributed by atoms with E-state index >= 15 is 0 Å². The molecule has 0 aromatic carbocycles. The summed E-state index contributed by atoms with van der Waals surface area (Å²) < 4.78 is 39.0. The van der Waals surface area contributed by atoms with E-state index < -0.39 is 24.2 Å². The van der Waals surface area contributed by atoms with E-state index in [1.165, 1.54) is 0 Å². The fourth-order valence-electron chi connectivity index (χ4n) is 3.04. The molecular weight excluding hydrogens is 245 g/mol. The van der Waals surface area contributed by atoms with Crippen LogP contribution in [0.1, 0.15) is 26.7 Å². The van der Waals surface area contributed by atoms with Crippen LogP contribution >= 0.6 is 0 Å².